The number of fused-ring (bicyclic) bond motifs is 1. The van der Waals surface area contributed by atoms with Crippen molar-refractivity contribution in [2.45, 2.75) is 18.7 Å². The molecule has 1 aromatic heterocycles. The number of aromatic nitrogens is 1. The molecular weight excluding hydrogens is 383 g/mol. The Bertz CT molecular complexity index is 1020. The Morgan fingerprint density at radius 3 is 2.62 bits per heavy atom. The van der Waals surface area contributed by atoms with Crippen LogP contribution in [-0.4, -0.2) is 35.1 Å². The molecule has 0 aliphatic carbocycles. The first-order chi connectivity index (χ1) is 13.9. The lowest BCUT2D eigenvalue weighted by atomic mass is 10.2. The number of likely N-dealkylation sites (tertiary alicyclic amines) is 1. The second-order valence-corrected chi connectivity index (χ2v) is 6.81. The Balaban J connectivity index is 1.37. The molecule has 2 heterocycles. The van der Waals surface area contributed by atoms with E-state index in [1.54, 1.807) is 11.1 Å². The molecule has 4 rings (SSSR count). The minimum atomic E-state index is -4.40. The normalized spacial score (nSPS) is 16.8. The summed E-state index contributed by atoms with van der Waals surface area (Å²) in [5.41, 5.74) is 0.321. The lowest BCUT2D eigenvalue weighted by Gasteiger charge is -2.18. The third-order valence-electron chi connectivity index (χ3n) is 4.79. The smallest absolute Gasteiger partial charge is 0.416 e. The summed E-state index contributed by atoms with van der Waals surface area (Å²) in [5, 5.41) is 3.60. The van der Waals surface area contributed by atoms with Crippen molar-refractivity contribution >= 4 is 22.6 Å². The predicted molar refractivity (Wildman–Crippen MR) is 103 cm³/mol. The SMILES string of the molecule is O=C(Nc1ccc(C(F)(F)F)cc1)N1CC[C@@H](Oc2cccc3cccnc23)C1. The average molecular weight is 401 g/mol. The molecule has 2 aromatic carbocycles. The lowest BCUT2D eigenvalue weighted by Crippen LogP contribution is -2.34. The number of halogens is 3. The summed E-state index contributed by atoms with van der Waals surface area (Å²) in [4.78, 5) is 18.4. The molecule has 0 unspecified atom stereocenters. The number of carbonyl (C=O) groups is 1. The van der Waals surface area contributed by atoms with Crippen molar-refractivity contribution in [3.05, 3.63) is 66.4 Å². The number of pyridine rings is 1. The zero-order valence-electron chi connectivity index (χ0n) is 15.3. The first-order valence-electron chi connectivity index (χ1n) is 9.14. The van der Waals surface area contributed by atoms with Crippen molar-refractivity contribution in [2.75, 3.05) is 18.4 Å². The molecule has 1 saturated heterocycles. The molecule has 0 radical (unpaired) electrons. The largest absolute Gasteiger partial charge is 0.486 e. The van der Waals surface area contributed by atoms with Gasteiger partial charge in [0, 0.05) is 30.2 Å². The zero-order chi connectivity index (χ0) is 20.4. The summed E-state index contributed by atoms with van der Waals surface area (Å²) in [6.07, 6.45) is -2.23. The Hall–Kier alpha value is -3.29. The highest BCUT2D eigenvalue weighted by Crippen LogP contribution is 2.30. The van der Waals surface area contributed by atoms with Crippen LogP contribution in [0.4, 0.5) is 23.7 Å². The molecule has 1 aliphatic heterocycles. The van der Waals surface area contributed by atoms with Crippen LogP contribution >= 0.6 is 0 Å². The Kier molecular flexibility index (Phi) is 5.00. The number of hydrogen-bond acceptors (Lipinski definition) is 3. The van der Waals surface area contributed by atoms with E-state index < -0.39 is 11.7 Å². The number of hydrogen-bond donors (Lipinski definition) is 1. The summed E-state index contributed by atoms with van der Waals surface area (Å²) in [7, 11) is 0. The molecule has 1 fully saturated rings. The Labute approximate surface area is 165 Å². The van der Waals surface area contributed by atoms with Crippen LogP contribution < -0.4 is 10.1 Å². The quantitative estimate of drug-likeness (QED) is 0.677. The predicted octanol–water partition coefficient (Wildman–Crippen LogP) is 4.94. The molecule has 8 heteroatoms. The molecular formula is C21H18F3N3O2. The molecule has 0 bridgehead atoms. The van der Waals surface area contributed by atoms with Gasteiger partial charge in [0.05, 0.1) is 12.1 Å². The van der Waals surface area contributed by atoms with Crippen molar-refractivity contribution in [3.8, 4) is 5.75 Å². The maximum atomic E-state index is 12.6. The summed E-state index contributed by atoms with van der Waals surface area (Å²) in [6, 6.07) is 13.5. The summed E-state index contributed by atoms with van der Waals surface area (Å²) in [5.74, 6) is 0.665. The van der Waals surface area contributed by atoms with Crippen molar-refractivity contribution in [2.24, 2.45) is 0 Å². The van der Waals surface area contributed by atoms with Crippen LogP contribution in [0.1, 0.15) is 12.0 Å². The highest BCUT2D eigenvalue weighted by Gasteiger charge is 2.31. The van der Waals surface area contributed by atoms with E-state index >= 15 is 0 Å². The van der Waals surface area contributed by atoms with E-state index in [0.29, 0.717) is 30.9 Å². The third kappa shape index (κ3) is 4.26. The number of rotatable bonds is 3. The molecule has 1 atom stereocenters. The number of para-hydroxylation sites is 1. The molecule has 3 aromatic rings. The van der Waals surface area contributed by atoms with Gasteiger partial charge in [0.15, 0.2) is 0 Å². The molecule has 5 nitrogen and oxygen atoms in total. The van der Waals surface area contributed by atoms with Crippen LogP contribution in [0.15, 0.2) is 60.8 Å². The molecule has 0 spiro atoms. The number of alkyl halides is 3. The van der Waals surface area contributed by atoms with Gasteiger partial charge in [-0.3, -0.25) is 4.98 Å². The average Bonchev–Trinajstić information content (AvgIpc) is 3.17. The van der Waals surface area contributed by atoms with Gasteiger partial charge >= 0.3 is 12.2 Å². The lowest BCUT2D eigenvalue weighted by molar-refractivity contribution is -0.137. The van der Waals surface area contributed by atoms with Crippen LogP contribution in [0, 0.1) is 0 Å². The van der Waals surface area contributed by atoms with Gasteiger partial charge in [-0.1, -0.05) is 18.2 Å². The van der Waals surface area contributed by atoms with Crippen molar-refractivity contribution in [1.82, 2.24) is 9.88 Å². The number of carbonyl (C=O) groups excluding carboxylic acids is 1. The van der Waals surface area contributed by atoms with Crippen LogP contribution in [0.5, 0.6) is 5.75 Å². The van der Waals surface area contributed by atoms with E-state index in [1.807, 2.05) is 30.3 Å². The number of urea groups is 1. The second kappa shape index (κ2) is 7.62. The number of ether oxygens (including phenoxy) is 1. The standard InChI is InChI=1S/C21H18F3N3O2/c22-21(23,24)15-6-8-16(9-7-15)26-20(28)27-12-10-17(13-27)29-18-5-1-3-14-4-2-11-25-19(14)18/h1-9,11,17H,10,12-13H2,(H,26,28)/t17-/m1/s1. The summed E-state index contributed by atoms with van der Waals surface area (Å²) in [6.45, 7) is 0.880. The fourth-order valence-electron chi connectivity index (χ4n) is 3.30. The van der Waals surface area contributed by atoms with E-state index in [0.717, 1.165) is 23.0 Å². The molecule has 0 saturated carbocycles. The van der Waals surface area contributed by atoms with Gasteiger partial charge in [-0.25, -0.2) is 4.79 Å². The fraction of sp³-hybridized carbons (Fsp3) is 0.238. The first kappa shape index (κ1) is 19.0. The highest BCUT2D eigenvalue weighted by atomic mass is 19.4. The molecule has 1 aliphatic rings. The van der Waals surface area contributed by atoms with Gasteiger partial charge in [0.1, 0.15) is 17.4 Å². The van der Waals surface area contributed by atoms with E-state index in [4.69, 9.17) is 4.74 Å². The topological polar surface area (TPSA) is 54.5 Å². The Morgan fingerprint density at radius 1 is 1.10 bits per heavy atom. The minimum absolute atomic E-state index is 0.180. The fourth-order valence-corrected chi connectivity index (χ4v) is 3.30. The van der Waals surface area contributed by atoms with Crippen LogP contribution in [0.25, 0.3) is 10.9 Å². The number of anilines is 1. The van der Waals surface area contributed by atoms with Gasteiger partial charge < -0.3 is 15.0 Å². The first-order valence-corrected chi connectivity index (χ1v) is 9.14. The molecule has 1 N–H and O–H groups in total. The maximum Gasteiger partial charge on any atom is 0.416 e. The molecule has 150 valence electrons. The maximum absolute atomic E-state index is 12.6. The van der Waals surface area contributed by atoms with Crippen molar-refractivity contribution < 1.29 is 22.7 Å². The van der Waals surface area contributed by atoms with E-state index in [2.05, 4.69) is 10.3 Å². The zero-order valence-corrected chi connectivity index (χ0v) is 15.3. The highest BCUT2D eigenvalue weighted by molar-refractivity contribution is 5.89. The third-order valence-corrected chi connectivity index (χ3v) is 4.79. The number of benzene rings is 2. The van der Waals surface area contributed by atoms with E-state index in [9.17, 15) is 18.0 Å². The monoisotopic (exact) mass is 401 g/mol. The second-order valence-electron chi connectivity index (χ2n) is 6.81. The van der Waals surface area contributed by atoms with Crippen molar-refractivity contribution in [1.29, 1.82) is 0 Å². The number of nitrogens with zero attached hydrogens (tertiary/aromatic N) is 2. The van der Waals surface area contributed by atoms with Gasteiger partial charge in [0.25, 0.3) is 0 Å². The molecule has 29 heavy (non-hydrogen) atoms. The van der Waals surface area contributed by atoms with Gasteiger partial charge in [0.2, 0.25) is 0 Å². The number of nitrogens with one attached hydrogen (secondary N) is 1. The molecule has 2 amide bonds. The summed E-state index contributed by atoms with van der Waals surface area (Å²) < 4.78 is 44.0. The van der Waals surface area contributed by atoms with Crippen LogP contribution in [-0.2, 0) is 6.18 Å². The van der Waals surface area contributed by atoms with Gasteiger partial charge in [-0.05, 0) is 36.4 Å². The number of amides is 2. The summed E-state index contributed by atoms with van der Waals surface area (Å²) >= 11 is 0. The van der Waals surface area contributed by atoms with Gasteiger partial charge in [-0.15, -0.1) is 0 Å². The minimum Gasteiger partial charge on any atom is -0.486 e. The van der Waals surface area contributed by atoms with E-state index in [1.165, 1.54) is 12.1 Å². The Morgan fingerprint density at radius 2 is 1.86 bits per heavy atom. The van der Waals surface area contributed by atoms with Crippen LogP contribution in [0.2, 0.25) is 0 Å². The van der Waals surface area contributed by atoms with E-state index in [-0.39, 0.29) is 12.1 Å². The van der Waals surface area contributed by atoms with Crippen LogP contribution in [0.3, 0.4) is 0 Å². The van der Waals surface area contributed by atoms with Crippen molar-refractivity contribution in [3.63, 3.8) is 0 Å². The van der Waals surface area contributed by atoms with Gasteiger partial charge in [-0.2, -0.15) is 13.2 Å².